The zero-order chi connectivity index (χ0) is 20.1. The molecule has 1 N–H and O–H groups in total. The summed E-state index contributed by atoms with van der Waals surface area (Å²) in [7, 11) is -3.35. The maximum Gasteiger partial charge on any atom is 0.342 e. The van der Waals surface area contributed by atoms with E-state index in [1.165, 1.54) is 19.1 Å². The Kier molecular flexibility index (Phi) is 4.14. The van der Waals surface area contributed by atoms with Crippen molar-refractivity contribution in [3.8, 4) is 0 Å². The fourth-order valence-electron chi connectivity index (χ4n) is 3.50. The lowest BCUT2D eigenvalue weighted by Crippen LogP contribution is -2.26. The lowest BCUT2D eigenvalue weighted by molar-refractivity contribution is -0.169. The Morgan fingerprint density at radius 3 is 2.14 bits per heavy atom. The SMILES string of the molecule is CC1(O)OC(=O)C(c2ccc3ccccc3c2)=C1c1ccc(S(C)(=O)=O)cc1. The van der Waals surface area contributed by atoms with Gasteiger partial charge < -0.3 is 9.84 Å². The van der Waals surface area contributed by atoms with E-state index in [0.29, 0.717) is 16.7 Å². The van der Waals surface area contributed by atoms with Gasteiger partial charge in [0.15, 0.2) is 9.84 Å². The number of cyclic esters (lactones) is 1. The van der Waals surface area contributed by atoms with Crippen molar-refractivity contribution in [3.63, 3.8) is 0 Å². The normalized spacial score (nSPS) is 19.9. The predicted octanol–water partition coefficient (Wildman–Crippen LogP) is 3.42. The first-order valence-electron chi connectivity index (χ1n) is 8.67. The molecule has 5 nitrogen and oxygen atoms in total. The van der Waals surface area contributed by atoms with E-state index in [9.17, 15) is 18.3 Å². The fourth-order valence-corrected chi connectivity index (χ4v) is 4.13. The van der Waals surface area contributed by atoms with Gasteiger partial charge in [-0.3, -0.25) is 0 Å². The van der Waals surface area contributed by atoms with E-state index >= 15 is 0 Å². The number of fused-ring (bicyclic) bond motifs is 1. The number of esters is 1. The van der Waals surface area contributed by atoms with Crippen LogP contribution < -0.4 is 0 Å². The Morgan fingerprint density at radius 2 is 1.50 bits per heavy atom. The van der Waals surface area contributed by atoms with Gasteiger partial charge in [0.25, 0.3) is 0 Å². The van der Waals surface area contributed by atoms with Crippen LogP contribution in [0.3, 0.4) is 0 Å². The van der Waals surface area contributed by atoms with Crippen LogP contribution in [-0.4, -0.2) is 31.5 Å². The second-order valence-corrected chi connectivity index (χ2v) is 9.00. The number of carbonyl (C=O) groups excluding carboxylic acids is 1. The molecule has 0 spiro atoms. The van der Waals surface area contributed by atoms with Crippen LogP contribution in [-0.2, 0) is 19.4 Å². The monoisotopic (exact) mass is 394 g/mol. The molecule has 0 radical (unpaired) electrons. The van der Waals surface area contributed by atoms with Gasteiger partial charge in [0, 0.05) is 18.8 Å². The summed E-state index contributed by atoms with van der Waals surface area (Å²) in [5.41, 5.74) is 1.73. The minimum Gasteiger partial charge on any atom is -0.425 e. The summed E-state index contributed by atoms with van der Waals surface area (Å²) in [5, 5.41) is 12.7. The molecular weight excluding hydrogens is 376 g/mol. The van der Waals surface area contributed by atoms with Crippen LogP contribution >= 0.6 is 0 Å². The van der Waals surface area contributed by atoms with Gasteiger partial charge in [-0.15, -0.1) is 0 Å². The van der Waals surface area contributed by atoms with Gasteiger partial charge in [0.05, 0.1) is 10.5 Å². The van der Waals surface area contributed by atoms with Crippen molar-refractivity contribution in [2.24, 2.45) is 0 Å². The number of benzene rings is 3. The molecule has 142 valence electrons. The average molecular weight is 394 g/mol. The second-order valence-electron chi connectivity index (χ2n) is 6.98. The van der Waals surface area contributed by atoms with E-state index in [2.05, 4.69) is 0 Å². The maximum atomic E-state index is 12.6. The molecule has 1 aliphatic heterocycles. The van der Waals surface area contributed by atoms with E-state index < -0.39 is 21.6 Å². The Labute approximate surface area is 162 Å². The lowest BCUT2D eigenvalue weighted by atomic mass is 9.91. The number of hydrogen-bond acceptors (Lipinski definition) is 5. The van der Waals surface area contributed by atoms with Gasteiger partial charge >= 0.3 is 5.97 Å². The number of rotatable bonds is 3. The zero-order valence-electron chi connectivity index (χ0n) is 15.3. The van der Waals surface area contributed by atoms with Gasteiger partial charge in [-0.1, -0.05) is 48.5 Å². The van der Waals surface area contributed by atoms with E-state index in [1.54, 1.807) is 12.1 Å². The maximum absolute atomic E-state index is 12.6. The molecule has 1 aliphatic rings. The van der Waals surface area contributed by atoms with E-state index in [1.807, 2.05) is 42.5 Å². The predicted molar refractivity (Wildman–Crippen MR) is 107 cm³/mol. The number of ether oxygens (including phenoxy) is 1. The molecule has 3 aromatic rings. The van der Waals surface area contributed by atoms with Gasteiger partial charge in [0.2, 0.25) is 5.79 Å². The average Bonchev–Trinajstić information content (AvgIpc) is 2.89. The summed E-state index contributed by atoms with van der Waals surface area (Å²) < 4.78 is 28.6. The van der Waals surface area contributed by atoms with E-state index in [-0.39, 0.29) is 10.5 Å². The van der Waals surface area contributed by atoms with Crippen molar-refractivity contribution in [1.29, 1.82) is 0 Å². The first kappa shape index (κ1) is 18.4. The molecular formula is C22H18O5S. The Balaban J connectivity index is 1.93. The minimum atomic E-state index is -3.35. The first-order chi connectivity index (χ1) is 13.2. The van der Waals surface area contributed by atoms with Crippen LogP contribution in [0, 0.1) is 0 Å². The third-order valence-electron chi connectivity index (χ3n) is 4.82. The molecule has 1 atom stereocenters. The summed E-state index contributed by atoms with van der Waals surface area (Å²) in [5.74, 6) is -2.44. The highest BCUT2D eigenvalue weighted by atomic mass is 32.2. The van der Waals surface area contributed by atoms with E-state index in [0.717, 1.165) is 17.0 Å². The van der Waals surface area contributed by atoms with Crippen molar-refractivity contribution >= 4 is 37.7 Å². The topological polar surface area (TPSA) is 80.7 Å². The molecule has 0 saturated carbocycles. The van der Waals surface area contributed by atoms with Crippen molar-refractivity contribution in [1.82, 2.24) is 0 Å². The Hall–Kier alpha value is -2.96. The molecule has 0 saturated heterocycles. The number of aliphatic hydroxyl groups is 1. The number of carbonyl (C=O) groups is 1. The number of hydrogen-bond donors (Lipinski definition) is 1. The van der Waals surface area contributed by atoms with Crippen LogP contribution in [0.25, 0.3) is 21.9 Å². The molecule has 0 amide bonds. The minimum absolute atomic E-state index is 0.161. The van der Waals surface area contributed by atoms with Crippen LogP contribution in [0.1, 0.15) is 18.1 Å². The molecule has 0 aromatic heterocycles. The van der Waals surface area contributed by atoms with Gasteiger partial charge in [0.1, 0.15) is 0 Å². The highest BCUT2D eigenvalue weighted by Gasteiger charge is 2.43. The van der Waals surface area contributed by atoms with Crippen molar-refractivity contribution < 1.29 is 23.1 Å². The fraction of sp³-hybridized carbons (Fsp3) is 0.136. The molecule has 0 bridgehead atoms. The summed E-state index contributed by atoms with van der Waals surface area (Å²) in [4.78, 5) is 12.8. The molecule has 0 aliphatic carbocycles. The Bertz CT molecular complexity index is 1240. The van der Waals surface area contributed by atoms with Gasteiger partial charge in [-0.25, -0.2) is 13.2 Å². The van der Waals surface area contributed by atoms with Crippen molar-refractivity contribution in [2.75, 3.05) is 6.26 Å². The third kappa shape index (κ3) is 3.10. The summed E-state index contributed by atoms with van der Waals surface area (Å²) in [6, 6.07) is 19.4. The molecule has 3 aromatic carbocycles. The highest BCUT2D eigenvalue weighted by Crippen LogP contribution is 2.43. The molecule has 4 rings (SSSR count). The molecule has 1 unspecified atom stereocenters. The van der Waals surface area contributed by atoms with Crippen LogP contribution in [0.5, 0.6) is 0 Å². The molecule has 6 heteroatoms. The highest BCUT2D eigenvalue weighted by molar-refractivity contribution is 7.90. The molecule has 1 heterocycles. The van der Waals surface area contributed by atoms with Gasteiger partial charge in [-0.2, -0.15) is 0 Å². The summed E-state index contributed by atoms with van der Waals surface area (Å²) in [6.45, 7) is 1.40. The van der Waals surface area contributed by atoms with E-state index in [4.69, 9.17) is 4.74 Å². The largest absolute Gasteiger partial charge is 0.425 e. The number of sulfone groups is 1. The smallest absolute Gasteiger partial charge is 0.342 e. The second kappa shape index (κ2) is 6.29. The van der Waals surface area contributed by atoms with Crippen LogP contribution in [0.2, 0.25) is 0 Å². The third-order valence-corrected chi connectivity index (χ3v) is 5.95. The summed E-state index contributed by atoms with van der Waals surface area (Å²) >= 11 is 0. The van der Waals surface area contributed by atoms with Crippen molar-refractivity contribution in [2.45, 2.75) is 17.6 Å². The quantitative estimate of drug-likeness (QED) is 0.689. The van der Waals surface area contributed by atoms with Crippen LogP contribution in [0.15, 0.2) is 71.6 Å². The lowest BCUT2D eigenvalue weighted by Gasteiger charge is -2.20. The standard InChI is InChI=1S/C22H18O5S/c1-22(24)20(15-9-11-18(12-10-15)28(2,25)26)19(21(23)27-22)17-8-7-14-5-3-4-6-16(14)13-17/h3-13,24H,1-2H3. The first-order valence-corrected chi connectivity index (χ1v) is 10.6. The zero-order valence-corrected chi connectivity index (χ0v) is 16.2. The Morgan fingerprint density at radius 1 is 0.893 bits per heavy atom. The molecule has 28 heavy (non-hydrogen) atoms. The summed E-state index contributed by atoms with van der Waals surface area (Å²) in [6.07, 6.45) is 1.13. The van der Waals surface area contributed by atoms with Crippen molar-refractivity contribution in [3.05, 3.63) is 77.9 Å². The van der Waals surface area contributed by atoms with Gasteiger partial charge in [-0.05, 0) is 40.1 Å². The van der Waals surface area contributed by atoms with Crippen LogP contribution in [0.4, 0.5) is 0 Å². The molecule has 0 fully saturated rings.